The summed E-state index contributed by atoms with van der Waals surface area (Å²) in [7, 11) is 0. The largest absolute Gasteiger partial charge is 0.487 e. The number of thiophene rings is 1. The molecule has 0 unspecified atom stereocenters. The van der Waals surface area contributed by atoms with Gasteiger partial charge in [0.2, 0.25) is 0 Å². The first kappa shape index (κ1) is 14.9. The van der Waals surface area contributed by atoms with Crippen LogP contribution >= 0.6 is 27.3 Å². The van der Waals surface area contributed by atoms with Crippen LogP contribution in [0.1, 0.15) is 20.1 Å². The van der Waals surface area contributed by atoms with Gasteiger partial charge in [0.1, 0.15) is 24.0 Å². The third-order valence-electron chi connectivity index (χ3n) is 2.53. The van der Waals surface area contributed by atoms with E-state index in [0.29, 0.717) is 0 Å². The molecule has 0 saturated heterocycles. The average molecular weight is 363 g/mol. The minimum atomic E-state index is -1.13. The predicted octanol–water partition coefficient (Wildman–Crippen LogP) is 4.37. The van der Waals surface area contributed by atoms with E-state index in [-0.39, 0.29) is 27.3 Å². The highest BCUT2D eigenvalue weighted by atomic mass is 79.9. The normalized spacial score (nSPS) is 10.6. The Morgan fingerprint density at radius 3 is 2.80 bits per heavy atom. The zero-order valence-electron chi connectivity index (χ0n) is 10.2. The van der Waals surface area contributed by atoms with Crippen molar-refractivity contribution in [2.24, 2.45) is 0 Å². The first-order valence-corrected chi connectivity index (χ1v) is 7.10. The molecule has 3 nitrogen and oxygen atoms in total. The first-order chi connectivity index (χ1) is 9.40. The van der Waals surface area contributed by atoms with Gasteiger partial charge in [-0.2, -0.15) is 0 Å². The van der Waals surface area contributed by atoms with Gasteiger partial charge in [-0.3, -0.25) is 0 Å². The number of carboxylic acid groups (broad SMARTS) is 1. The van der Waals surface area contributed by atoms with Gasteiger partial charge in [0.15, 0.2) is 4.88 Å². The lowest BCUT2D eigenvalue weighted by Crippen LogP contribution is -2.04. The molecule has 0 bridgehead atoms. The van der Waals surface area contributed by atoms with Gasteiger partial charge in [-0.1, -0.05) is 0 Å². The second-order valence-electron chi connectivity index (χ2n) is 3.97. The molecule has 106 valence electrons. The molecule has 0 atom stereocenters. The minimum absolute atomic E-state index is 0.0123. The number of hydrogen-bond donors (Lipinski definition) is 1. The molecule has 20 heavy (non-hydrogen) atoms. The molecular formula is C13H9BrF2O3S. The Morgan fingerprint density at radius 1 is 1.45 bits per heavy atom. The van der Waals surface area contributed by atoms with Crippen molar-refractivity contribution in [3.05, 3.63) is 49.6 Å². The van der Waals surface area contributed by atoms with Gasteiger partial charge in [0, 0.05) is 4.88 Å². The molecule has 0 aliphatic rings. The third kappa shape index (κ3) is 2.99. The fourth-order valence-corrected chi connectivity index (χ4v) is 2.76. The third-order valence-corrected chi connectivity index (χ3v) is 4.16. The molecule has 1 aromatic carbocycles. The van der Waals surface area contributed by atoms with Crippen LogP contribution in [0.3, 0.4) is 0 Å². The highest BCUT2D eigenvalue weighted by Crippen LogP contribution is 2.30. The van der Waals surface area contributed by atoms with Crippen molar-refractivity contribution in [2.75, 3.05) is 0 Å². The van der Waals surface area contributed by atoms with Crippen LogP contribution in [0.4, 0.5) is 8.78 Å². The molecule has 7 heteroatoms. The van der Waals surface area contributed by atoms with Crippen molar-refractivity contribution < 1.29 is 23.4 Å². The van der Waals surface area contributed by atoms with Crippen molar-refractivity contribution in [3.63, 3.8) is 0 Å². The molecule has 0 spiro atoms. The summed E-state index contributed by atoms with van der Waals surface area (Å²) >= 11 is 4.01. The maximum Gasteiger partial charge on any atom is 0.349 e. The number of aromatic carboxylic acids is 1. The Labute approximate surface area is 125 Å². The van der Waals surface area contributed by atoms with Gasteiger partial charge in [-0.15, -0.1) is 11.3 Å². The van der Waals surface area contributed by atoms with E-state index in [1.54, 1.807) is 6.92 Å². The summed E-state index contributed by atoms with van der Waals surface area (Å²) in [5.74, 6) is -2.52. The van der Waals surface area contributed by atoms with Crippen molar-refractivity contribution in [1.29, 1.82) is 0 Å². The van der Waals surface area contributed by atoms with Gasteiger partial charge in [0.25, 0.3) is 0 Å². The van der Waals surface area contributed by atoms with Gasteiger partial charge < -0.3 is 9.84 Å². The summed E-state index contributed by atoms with van der Waals surface area (Å²) in [5, 5.41) is 9.00. The molecule has 0 fully saturated rings. The van der Waals surface area contributed by atoms with Crippen LogP contribution in [0.25, 0.3) is 0 Å². The predicted molar refractivity (Wildman–Crippen MR) is 74.4 cm³/mol. The number of benzene rings is 1. The Kier molecular flexibility index (Phi) is 4.39. The van der Waals surface area contributed by atoms with Crippen LogP contribution in [-0.2, 0) is 6.61 Å². The Morgan fingerprint density at radius 2 is 2.15 bits per heavy atom. The van der Waals surface area contributed by atoms with Crippen molar-refractivity contribution in [3.8, 4) is 5.75 Å². The number of carbonyl (C=O) groups is 1. The van der Waals surface area contributed by atoms with E-state index >= 15 is 0 Å². The van der Waals surface area contributed by atoms with E-state index in [0.717, 1.165) is 22.3 Å². The Balaban J connectivity index is 2.26. The zero-order chi connectivity index (χ0) is 14.9. The van der Waals surface area contributed by atoms with E-state index < -0.39 is 17.6 Å². The number of aryl methyl sites for hydroxylation is 1. The van der Waals surface area contributed by atoms with Crippen LogP contribution < -0.4 is 4.74 Å². The summed E-state index contributed by atoms with van der Waals surface area (Å²) in [4.78, 5) is 11.8. The van der Waals surface area contributed by atoms with Crippen molar-refractivity contribution in [1.82, 2.24) is 0 Å². The fraction of sp³-hybridized carbons (Fsp3) is 0.154. The van der Waals surface area contributed by atoms with E-state index in [9.17, 15) is 13.6 Å². The number of hydrogen-bond acceptors (Lipinski definition) is 3. The van der Waals surface area contributed by atoms with Crippen LogP contribution in [0, 0.1) is 18.6 Å². The van der Waals surface area contributed by atoms with E-state index in [4.69, 9.17) is 9.84 Å². The highest BCUT2D eigenvalue weighted by molar-refractivity contribution is 9.10. The number of halogens is 3. The number of rotatable bonds is 4. The van der Waals surface area contributed by atoms with Crippen molar-refractivity contribution >= 4 is 33.2 Å². The quantitative estimate of drug-likeness (QED) is 0.821. The second kappa shape index (κ2) is 5.88. The van der Waals surface area contributed by atoms with Crippen LogP contribution in [0.5, 0.6) is 5.75 Å². The lowest BCUT2D eigenvalue weighted by Gasteiger charge is -2.08. The maximum absolute atomic E-state index is 13.7. The lowest BCUT2D eigenvalue weighted by molar-refractivity contribution is 0.0697. The van der Waals surface area contributed by atoms with Gasteiger partial charge in [-0.25, -0.2) is 13.6 Å². The molecule has 0 aliphatic heterocycles. The number of ether oxygens (including phenoxy) is 1. The smallest absolute Gasteiger partial charge is 0.349 e. The van der Waals surface area contributed by atoms with Gasteiger partial charge >= 0.3 is 5.97 Å². The maximum atomic E-state index is 13.7. The standard InChI is InChI=1S/C13H9BrF2O3S/c1-6-4-10(12(20-6)13(17)18)19-5-7-9(15)3-2-8(14)11(7)16/h2-4H,5H2,1H3,(H,17,18). The second-order valence-corrected chi connectivity index (χ2v) is 6.08. The lowest BCUT2D eigenvalue weighted by atomic mass is 10.2. The molecule has 0 aliphatic carbocycles. The summed E-state index contributed by atoms with van der Waals surface area (Å²) in [5.41, 5.74) is -0.250. The molecule has 1 heterocycles. The van der Waals surface area contributed by atoms with E-state index in [2.05, 4.69) is 15.9 Å². The Hall–Kier alpha value is -1.47. The Bertz CT molecular complexity index is 670. The van der Waals surface area contributed by atoms with Crippen LogP contribution in [0.2, 0.25) is 0 Å². The minimum Gasteiger partial charge on any atom is -0.487 e. The summed E-state index contributed by atoms with van der Waals surface area (Å²) in [6.07, 6.45) is 0. The summed E-state index contributed by atoms with van der Waals surface area (Å²) in [6, 6.07) is 3.90. The molecule has 2 rings (SSSR count). The molecule has 1 aromatic heterocycles. The molecule has 0 radical (unpaired) electrons. The van der Waals surface area contributed by atoms with Crippen LogP contribution in [0.15, 0.2) is 22.7 Å². The highest BCUT2D eigenvalue weighted by Gasteiger charge is 2.18. The van der Waals surface area contributed by atoms with Gasteiger partial charge in [0.05, 0.1) is 10.0 Å². The monoisotopic (exact) mass is 362 g/mol. The molecule has 1 N–H and O–H groups in total. The molecule has 0 amide bonds. The van der Waals surface area contributed by atoms with E-state index in [1.165, 1.54) is 12.1 Å². The zero-order valence-corrected chi connectivity index (χ0v) is 12.6. The van der Waals surface area contributed by atoms with Crippen molar-refractivity contribution in [2.45, 2.75) is 13.5 Å². The molecule has 0 saturated carbocycles. The number of carboxylic acids is 1. The topological polar surface area (TPSA) is 46.5 Å². The molecular weight excluding hydrogens is 354 g/mol. The molecule has 2 aromatic rings. The SMILES string of the molecule is Cc1cc(OCc2c(F)ccc(Br)c2F)c(C(=O)O)s1. The first-order valence-electron chi connectivity index (χ1n) is 5.49. The van der Waals surface area contributed by atoms with Crippen LogP contribution in [-0.4, -0.2) is 11.1 Å². The summed E-state index contributed by atoms with van der Waals surface area (Å²) in [6.45, 7) is 1.35. The fourth-order valence-electron chi connectivity index (χ4n) is 1.60. The average Bonchev–Trinajstić information content (AvgIpc) is 2.75. The van der Waals surface area contributed by atoms with E-state index in [1.807, 2.05) is 0 Å². The summed E-state index contributed by atoms with van der Waals surface area (Å²) < 4.78 is 32.7. The van der Waals surface area contributed by atoms with Gasteiger partial charge in [-0.05, 0) is 41.1 Å².